The summed E-state index contributed by atoms with van der Waals surface area (Å²) in [6.07, 6.45) is 1.94. The van der Waals surface area contributed by atoms with Crippen LogP contribution in [0.3, 0.4) is 0 Å². The quantitative estimate of drug-likeness (QED) is 0.518. The Kier molecular flexibility index (Phi) is 6.42. The lowest BCUT2D eigenvalue weighted by atomic mass is 9.97. The Labute approximate surface area is 192 Å². The Hall–Kier alpha value is -3.32. The van der Waals surface area contributed by atoms with Gasteiger partial charge in [-0.25, -0.2) is 0 Å². The van der Waals surface area contributed by atoms with Gasteiger partial charge in [0.15, 0.2) is 16.9 Å². The van der Waals surface area contributed by atoms with Crippen molar-refractivity contribution in [2.75, 3.05) is 26.9 Å². The fraction of sp³-hybridized carbons (Fsp3) is 0.385. The van der Waals surface area contributed by atoms with Crippen LogP contribution in [0.5, 0.6) is 11.5 Å². The zero-order valence-corrected chi connectivity index (χ0v) is 19.4. The second-order valence-electron chi connectivity index (χ2n) is 8.37. The van der Waals surface area contributed by atoms with Gasteiger partial charge in [0, 0.05) is 6.54 Å². The molecule has 7 heteroatoms. The smallest absolute Gasteiger partial charge is 0.290 e. The molecule has 0 radical (unpaired) electrons. The van der Waals surface area contributed by atoms with Crippen molar-refractivity contribution < 1.29 is 23.8 Å². The molecule has 3 aromatic rings. The highest BCUT2D eigenvalue weighted by Gasteiger charge is 2.42. The van der Waals surface area contributed by atoms with E-state index in [0.717, 1.165) is 24.0 Å². The predicted octanol–water partition coefficient (Wildman–Crippen LogP) is 4.13. The summed E-state index contributed by atoms with van der Waals surface area (Å²) in [7, 11) is 1.55. The van der Waals surface area contributed by atoms with E-state index in [2.05, 4.69) is 6.92 Å². The van der Waals surface area contributed by atoms with Crippen LogP contribution in [0.15, 0.2) is 39.5 Å². The molecular weight excluding hydrogens is 422 g/mol. The molecule has 1 unspecified atom stereocenters. The number of nitrogens with zero attached hydrogens (tertiary/aromatic N) is 1. The monoisotopic (exact) mass is 451 g/mol. The number of aliphatic hydroxyl groups excluding tert-OH is 1. The third-order valence-corrected chi connectivity index (χ3v) is 6.00. The number of methoxy groups -OCH3 is 1. The number of aryl methyl sites for hydroxylation is 2. The van der Waals surface area contributed by atoms with E-state index in [1.54, 1.807) is 25.3 Å². The molecule has 174 valence electrons. The van der Waals surface area contributed by atoms with Crippen molar-refractivity contribution in [1.29, 1.82) is 0 Å². The first-order valence-electron chi connectivity index (χ1n) is 11.2. The SMILES string of the molecule is CCCCOc1ccc(C2c3c(oc4c(C)cc(C)cc4c3=O)C(=O)N2CCO)cc1OC. The van der Waals surface area contributed by atoms with Gasteiger partial charge in [-0.15, -0.1) is 0 Å². The Morgan fingerprint density at radius 2 is 1.91 bits per heavy atom. The van der Waals surface area contributed by atoms with Crippen molar-refractivity contribution in [3.63, 3.8) is 0 Å². The van der Waals surface area contributed by atoms with Crippen molar-refractivity contribution >= 4 is 16.9 Å². The maximum atomic E-state index is 13.6. The molecule has 4 rings (SSSR count). The van der Waals surface area contributed by atoms with Gasteiger partial charge >= 0.3 is 0 Å². The highest BCUT2D eigenvalue weighted by molar-refractivity contribution is 5.99. The second kappa shape index (κ2) is 9.27. The van der Waals surface area contributed by atoms with Crippen molar-refractivity contribution in [1.82, 2.24) is 4.90 Å². The lowest BCUT2D eigenvalue weighted by Crippen LogP contribution is -2.32. The van der Waals surface area contributed by atoms with Gasteiger partial charge in [0.25, 0.3) is 5.91 Å². The first-order valence-corrected chi connectivity index (χ1v) is 11.2. The topological polar surface area (TPSA) is 89.2 Å². The molecule has 2 heterocycles. The molecular formula is C26H29NO6. The molecule has 0 bridgehead atoms. The highest BCUT2D eigenvalue weighted by atomic mass is 16.5. The summed E-state index contributed by atoms with van der Waals surface area (Å²) in [6.45, 7) is 6.27. The molecule has 0 saturated carbocycles. The molecule has 0 saturated heterocycles. The van der Waals surface area contributed by atoms with Gasteiger partial charge in [-0.05, 0) is 55.2 Å². The molecule has 0 aliphatic carbocycles. The first-order chi connectivity index (χ1) is 15.9. The molecule has 1 aliphatic rings. The fourth-order valence-corrected chi connectivity index (χ4v) is 4.46. The molecule has 0 fully saturated rings. The maximum Gasteiger partial charge on any atom is 0.290 e. The number of ether oxygens (including phenoxy) is 2. The molecule has 1 amide bonds. The predicted molar refractivity (Wildman–Crippen MR) is 125 cm³/mol. The Balaban J connectivity index is 1.89. The number of carbonyl (C=O) groups is 1. The minimum absolute atomic E-state index is 0.0279. The normalized spacial score (nSPS) is 15.2. The highest BCUT2D eigenvalue weighted by Crippen LogP contribution is 2.41. The maximum absolute atomic E-state index is 13.6. The number of hydrogen-bond acceptors (Lipinski definition) is 6. The van der Waals surface area contributed by atoms with Crippen molar-refractivity contribution in [3.8, 4) is 11.5 Å². The number of fused-ring (bicyclic) bond motifs is 2. The van der Waals surface area contributed by atoms with Gasteiger partial charge in [-0.3, -0.25) is 9.59 Å². The number of aliphatic hydroxyl groups is 1. The minimum Gasteiger partial charge on any atom is -0.493 e. The number of hydrogen-bond donors (Lipinski definition) is 1. The summed E-state index contributed by atoms with van der Waals surface area (Å²) < 4.78 is 17.4. The van der Waals surface area contributed by atoms with Crippen LogP contribution >= 0.6 is 0 Å². The number of carbonyl (C=O) groups excluding carboxylic acids is 1. The number of amides is 1. The lowest BCUT2D eigenvalue weighted by Gasteiger charge is -2.25. The van der Waals surface area contributed by atoms with Gasteiger partial charge in [-0.2, -0.15) is 0 Å². The summed E-state index contributed by atoms with van der Waals surface area (Å²) >= 11 is 0. The number of benzene rings is 2. The third-order valence-electron chi connectivity index (χ3n) is 6.00. The van der Waals surface area contributed by atoms with Gasteiger partial charge < -0.3 is 23.9 Å². The molecule has 1 aliphatic heterocycles. The van der Waals surface area contributed by atoms with Crippen LogP contribution < -0.4 is 14.9 Å². The largest absolute Gasteiger partial charge is 0.493 e. The van der Waals surface area contributed by atoms with E-state index in [-0.39, 0.29) is 29.9 Å². The van der Waals surface area contributed by atoms with Gasteiger partial charge in [0.05, 0.1) is 37.3 Å². The summed E-state index contributed by atoms with van der Waals surface area (Å²) in [5, 5.41) is 10.1. The first kappa shape index (κ1) is 22.9. The zero-order valence-electron chi connectivity index (χ0n) is 19.4. The van der Waals surface area contributed by atoms with Gasteiger partial charge in [0.2, 0.25) is 5.76 Å². The molecule has 1 aromatic heterocycles. The van der Waals surface area contributed by atoms with Crippen LogP contribution in [0.2, 0.25) is 0 Å². The molecule has 1 N–H and O–H groups in total. The second-order valence-corrected chi connectivity index (χ2v) is 8.37. The van der Waals surface area contributed by atoms with E-state index in [4.69, 9.17) is 13.9 Å². The van der Waals surface area contributed by atoms with E-state index in [1.807, 2.05) is 26.0 Å². The Bertz CT molecular complexity index is 1260. The van der Waals surface area contributed by atoms with Gasteiger partial charge in [-0.1, -0.05) is 25.5 Å². The molecule has 33 heavy (non-hydrogen) atoms. The molecule has 1 atom stereocenters. The van der Waals surface area contributed by atoms with E-state index in [1.165, 1.54) is 4.90 Å². The summed E-state index contributed by atoms with van der Waals surface area (Å²) in [5.74, 6) is 0.737. The summed E-state index contributed by atoms with van der Waals surface area (Å²) in [5.41, 5.74) is 2.89. The average Bonchev–Trinajstić information content (AvgIpc) is 3.07. The van der Waals surface area contributed by atoms with Crippen molar-refractivity contribution in [2.24, 2.45) is 0 Å². The summed E-state index contributed by atoms with van der Waals surface area (Å²) in [6, 6.07) is 8.41. The van der Waals surface area contributed by atoms with E-state index in [0.29, 0.717) is 34.6 Å². The zero-order chi connectivity index (χ0) is 23.7. The number of rotatable bonds is 8. The minimum atomic E-state index is -0.695. The molecule has 0 spiro atoms. The van der Waals surface area contributed by atoms with Crippen molar-refractivity contribution in [3.05, 3.63) is 68.6 Å². The van der Waals surface area contributed by atoms with Crippen LogP contribution in [0.25, 0.3) is 11.0 Å². The van der Waals surface area contributed by atoms with E-state index < -0.39 is 11.9 Å². The standard InChI is InChI=1S/C26H29NO6/c1-5-6-11-32-19-8-7-17(14-20(19)31-4)22-21-23(29)18-13-15(2)12-16(3)24(18)33-25(21)26(30)27(22)9-10-28/h7-8,12-14,22,28H,5-6,9-11H2,1-4H3. The van der Waals surface area contributed by atoms with Crippen LogP contribution in [-0.2, 0) is 0 Å². The van der Waals surface area contributed by atoms with Gasteiger partial charge in [0.1, 0.15) is 5.58 Å². The summed E-state index contributed by atoms with van der Waals surface area (Å²) in [4.78, 5) is 28.4. The van der Waals surface area contributed by atoms with Crippen LogP contribution in [0, 0.1) is 13.8 Å². The van der Waals surface area contributed by atoms with Crippen LogP contribution in [-0.4, -0.2) is 42.8 Å². The fourth-order valence-electron chi connectivity index (χ4n) is 4.46. The van der Waals surface area contributed by atoms with Crippen LogP contribution in [0.1, 0.15) is 58.6 Å². The lowest BCUT2D eigenvalue weighted by molar-refractivity contribution is 0.0691. The van der Waals surface area contributed by atoms with E-state index >= 15 is 0 Å². The Morgan fingerprint density at radius 3 is 2.61 bits per heavy atom. The Morgan fingerprint density at radius 1 is 1.12 bits per heavy atom. The van der Waals surface area contributed by atoms with Crippen LogP contribution in [0.4, 0.5) is 0 Å². The number of β-amino-alcohol motifs (C(OH)–C–C–N with tert-alkyl or cyclic N) is 1. The third kappa shape index (κ3) is 3.97. The van der Waals surface area contributed by atoms with Crippen molar-refractivity contribution in [2.45, 2.75) is 39.7 Å². The molecule has 2 aromatic carbocycles. The molecule has 7 nitrogen and oxygen atoms in total. The van der Waals surface area contributed by atoms with E-state index in [9.17, 15) is 14.7 Å². The average molecular weight is 452 g/mol. The number of unbranched alkanes of at least 4 members (excludes halogenated alkanes) is 1.